The highest BCUT2D eigenvalue weighted by Gasteiger charge is 2.22. The zero-order valence-corrected chi connectivity index (χ0v) is 20.5. The van der Waals surface area contributed by atoms with Crippen LogP contribution in [0, 0.1) is 0 Å². The molecule has 0 radical (unpaired) electrons. The van der Waals surface area contributed by atoms with E-state index in [4.69, 9.17) is 14.2 Å². The van der Waals surface area contributed by atoms with Crippen molar-refractivity contribution in [2.45, 2.75) is 26.5 Å². The second kappa shape index (κ2) is 12.2. The van der Waals surface area contributed by atoms with Gasteiger partial charge in [0, 0.05) is 50.7 Å². The number of hydrogen-bond acceptors (Lipinski definition) is 6. The Hall–Kier alpha value is -3.58. The average molecular weight is 476 g/mol. The van der Waals surface area contributed by atoms with Crippen molar-refractivity contribution in [2.75, 3.05) is 39.9 Å². The van der Waals surface area contributed by atoms with Crippen molar-refractivity contribution in [3.05, 3.63) is 83.7 Å². The molecule has 1 aliphatic rings. The van der Waals surface area contributed by atoms with Gasteiger partial charge < -0.3 is 19.1 Å². The van der Waals surface area contributed by atoms with Crippen LogP contribution in [-0.4, -0.2) is 60.6 Å². The van der Waals surface area contributed by atoms with Gasteiger partial charge >= 0.3 is 0 Å². The molecule has 0 unspecified atom stereocenters. The van der Waals surface area contributed by atoms with Crippen molar-refractivity contribution in [1.29, 1.82) is 0 Å². The van der Waals surface area contributed by atoms with Gasteiger partial charge in [-0.15, -0.1) is 0 Å². The first-order chi connectivity index (χ1) is 17.2. The van der Waals surface area contributed by atoms with E-state index in [0.29, 0.717) is 36.8 Å². The monoisotopic (exact) mass is 475 g/mol. The van der Waals surface area contributed by atoms with Gasteiger partial charge in [0.1, 0.15) is 12.4 Å². The maximum atomic E-state index is 13.3. The molecule has 1 aromatic heterocycles. The Morgan fingerprint density at radius 2 is 1.69 bits per heavy atom. The summed E-state index contributed by atoms with van der Waals surface area (Å²) in [5, 5.41) is 0. The molecule has 0 atom stereocenters. The summed E-state index contributed by atoms with van der Waals surface area (Å²) in [4.78, 5) is 21.7. The molecule has 35 heavy (non-hydrogen) atoms. The Balaban J connectivity index is 1.38. The molecule has 0 N–H and O–H groups in total. The quantitative estimate of drug-likeness (QED) is 0.457. The lowest BCUT2D eigenvalue weighted by Crippen LogP contribution is -2.35. The van der Waals surface area contributed by atoms with Crippen LogP contribution in [0.25, 0.3) is 0 Å². The van der Waals surface area contributed by atoms with Gasteiger partial charge in [-0.3, -0.25) is 14.7 Å². The number of methoxy groups -OCH3 is 1. The fourth-order valence-electron chi connectivity index (χ4n) is 4.17. The van der Waals surface area contributed by atoms with Crippen LogP contribution in [0.4, 0.5) is 0 Å². The second-order valence-corrected chi connectivity index (χ2v) is 8.51. The predicted octanol–water partition coefficient (Wildman–Crippen LogP) is 4.42. The van der Waals surface area contributed by atoms with Gasteiger partial charge in [-0.05, 0) is 66.9 Å². The minimum atomic E-state index is 0.0259. The predicted molar refractivity (Wildman–Crippen MR) is 135 cm³/mol. The first-order valence-electron chi connectivity index (χ1n) is 12.1. The lowest BCUT2D eigenvalue weighted by atomic mass is 10.1. The average Bonchev–Trinajstić information content (AvgIpc) is 3.14. The number of hydrogen-bond donors (Lipinski definition) is 0. The van der Waals surface area contributed by atoms with Gasteiger partial charge in [0.2, 0.25) is 0 Å². The van der Waals surface area contributed by atoms with E-state index in [2.05, 4.69) is 22.0 Å². The Kier molecular flexibility index (Phi) is 8.57. The Bertz CT molecular complexity index is 1090. The summed E-state index contributed by atoms with van der Waals surface area (Å²) in [5.41, 5.74) is 2.88. The molecule has 0 aliphatic carbocycles. The number of carbonyl (C=O) groups excluding carboxylic acids is 1. The van der Waals surface area contributed by atoms with Gasteiger partial charge in [0.15, 0.2) is 11.5 Å². The number of carbonyl (C=O) groups is 1. The van der Waals surface area contributed by atoms with Crippen molar-refractivity contribution < 1.29 is 19.0 Å². The number of nitrogens with zero attached hydrogens (tertiary/aromatic N) is 3. The van der Waals surface area contributed by atoms with Crippen molar-refractivity contribution in [2.24, 2.45) is 0 Å². The highest BCUT2D eigenvalue weighted by molar-refractivity contribution is 5.95. The van der Waals surface area contributed by atoms with Crippen molar-refractivity contribution >= 4 is 5.91 Å². The molecule has 7 nitrogen and oxygen atoms in total. The van der Waals surface area contributed by atoms with E-state index >= 15 is 0 Å². The first kappa shape index (κ1) is 24.5. The molecule has 2 aromatic carbocycles. The molecule has 1 amide bonds. The molecule has 184 valence electrons. The highest BCUT2D eigenvalue weighted by atomic mass is 16.5. The number of benzene rings is 2. The number of ether oxygens (including phenoxy) is 3. The molecule has 2 heterocycles. The molecule has 7 heteroatoms. The zero-order valence-electron chi connectivity index (χ0n) is 20.5. The fraction of sp³-hybridized carbons (Fsp3) is 0.357. The van der Waals surface area contributed by atoms with E-state index in [0.717, 1.165) is 43.9 Å². The first-order valence-corrected chi connectivity index (χ1v) is 12.1. The fourth-order valence-corrected chi connectivity index (χ4v) is 4.17. The summed E-state index contributed by atoms with van der Waals surface area (Å²) >= 11 is 0. The van der Waals surface area contributed by atoms with Gasteiger partial charge in [-0.25, -0.2) is 0 Å². The van der Waals surface area contributed by atoms with E-state index in [1.165, 1.54) is 5.56 Å². The summed E-state index contributed by atoms with van der Waals surface area (Å²) in [6, 6.07) is 17.5. The molecule has 1 saturated heterocycles. The maximum Gasteiger partial charge on any atom is 0.254 e. The molecular weight excluding hydrogens is 442 g/mol. The van der Waals surface area contributed by atoms with Gasteiger partial charge in [0.05, 0.1) is 13.7 Å². The third kappa shape index (κ3) is 6.73. The third-order valence-electron chi connectivity index (χ3n) is 6.08. The number of rotatable bonds is 9. The summed E-state index contributed by atoms with van der Waals surface area (Å²) in [6.45, 7) is 6.92. The lowest BCUT2D eigenvalue weighted by Gasteiger charge is -2.23. The van der Waals surface area contributed by atoms with Crippen LogP contribution in [0.1, 0.15) is 34.8 Å². The number of amides is 1. The minimum Gasteiger partial charge on any atom is -0.497 e. The maximum absolute atomic E-state index is 13.3. The van der Waals surface area contributed by atoms with Crippen LogP contribution in [0.2, 0.25) is 0 Å². The normalized spacial score (nSPS) is 14.3. The highest BCUT2D eigenvalue weighted by Crippen LogP contribution is 2.30. The van der Waals surface area contributed by atoms with Gasteiger partial charge in [-0.2, -0.15) is 0 Å². The minimum absolute atomic E-state index is 0.0259. The number of aromatic nitrogens is 1. The Labute approximate surface area is 207 Å². The van der Waals surface area contributed by atoms with E-state index in [-0.39, 0.29) is 5.91 Å². The molecule has 1 fully saturated rings. The van der Waals surface area contributed by atoms with Gasteiger partial charge in [-0.1, -0.05) is 12.1 Å². The van der Waals surface area contributed by atoms with Crippen molar-refractivity contribution in [3.63, 3.8) is 0 Å². The lowest BCUT2D eigenvalue weighted by molar-refractivity contribution is 0.0760. The smallest absolute Gasteiger partial charge is 0.254 e. The molecule has 4 rings (SSSR count). The topological polar surface area (TPSA) is 64.1 Å². The Morgan fingerprint density at radius 1 is 0.886 bits per heavy atom. The van der Waals surface area contributed by atoms with E-state index < -0.39 is 0 Å². The zero-order chi connectivity index (χ0) is 24.5. The van der Waals surface area contributed by atoms with Crippen LogP contribution in [0.3, 0.4) is 0 Å². The largest absolute Gasteiger partial charge is 0.497 e. The molecule has 0 bridgehead atoms. The molecule has 0 spiro atoms. The van der Waals surface area contributed by atoms with E-state index in [1.54, 1.807) is 25.6 Å². The van der Waals surface area contributed by atoms with Crippen LogP contribution in [-0.2, 0) is 13.2 Å². The summed E-state index contributed by atoms with van der Waals surface area (Å²) in [6.07, 6.45) is 4.42. The Morgan fingerprint density at radius 3 is 2.43 bits per heavy atom. The standard InChI is InChI=1S/C28H33N3O4/c1-3-34-27-19-24(7-10-26(27)35-21-23-11-13-29-14-12-23)28(32)31-16-4-15-30(17-18-31)20-22-5-8-25(33-2)9-6-22/h5-14,19H,3-4,15-18,20-21H2,1-2H3. The number of pyridine rings is 1. The SMILES string of the molecule is CCOc1cc(C(=O)N2CCCN(Cc3ccc(OC)cc3)CC2)ccc1OCc1ccncc1. The summed E-state index contributed by atoms with van der Waals surface area (Å²) in [5.74, 6) is 2.10. The molecular formula is C28H33N3O4. The van der Waals surface area contributed by atoms with Crippen LogP contribution in [0.15, 0.2) is 67.0 Å². The summed E-state index contributed by atoms with van der Waals surface area (Å²) in [7, 11) is 1.68. The third-order valence-corrected chi connectivity index (χ3v) is 6.08. The summed E-state index contributed by atoms with van der Waals surface area (Å²) < 4.78 is 17.0. The van der Waals surface area contributed by atoms with Crippen LogP contribution in [0.5, 0.6) is 17.2 Å². The molecule has 1 aliphatic heterocycles. The van der Waals surface area contributed by atoms with Crippen molar-refractivity contribution in [1.82, 2.24) is 14.8 Å². The van der Waals surface area contributed by atoms with Crippen LogP contribution >= 0.6 is 0 Å². The molecule has 0 saturated carbocycles. The van der Waals surface area contributed by atoms with Crippen molar-refractivity contribution in [3.8, 4) is 17.2 Å². The van der Waals surface area contributed by atoms with Gasteiger partial charge in [0.25, 0.3) is 5.91 Å². The second-order valence-electron chi connectivity index (χ2n) is 8.51. The van der Waals surface area contributed by atoms with E-state index in [9.17, 15) is 4.79 Å². The van der Waals surface area contributed by atoms with E-state index in [1.807, 2.05) is 48.2 Å². The molecule has 3 aromatic rings. The van der Waals surface area contributed by atoms with Crippen LogP contribution < -0.4 is 14.2 Å².